The molecule has 3 aromatic rings. The third-order valence-electron chi connectivity index (χ3n) is 4.58. The Balaban J connectivity index is 1.75. The molecule has 6 nitrogen and oxygen atoms in total. The average Bonchev–Trinajstić information content (AvgIpc) is 2.71. The van der Waals surface area contributed by atoms with Crippen molar-refractivity contribution in [1.82, 2.24) is 9.88 Å². The smallest absolute Gasteiger partial charge is 0.256 e. The van der Waals surface area contributed by atoms with Gasteiger partial charge in [0.25, 0.3) is 5.91 Å². The van der Waals surface area contributed by atoms with E-state index >= 15 is 0 Å². The van der Waals surface area contributed by atoms with E-state index in [-0.39, 0.29) is 24.2 Å². The van der Waals surface area contributed by atoms with Gasteiger partial charge < -0.3 is 15.0 Å². The SMILES string of the molecule is CCN(CC(=O)Nc1ccc(OC)cc1)C(=O)c1cc2ccc(F)cc2nc1C. The van der Waals surface area contributed by atoms with Crippen LogP contribution in [0.25, 0.3) is 10.9 Å². The number of aryl methyl sites for hydroxylation is 1. The van der Waals surface area contributed by atoms with Crippen molar-refractivity contribution in [2.75, 3.05) is 25.5 Å². The Hall–Kier alpha value is -3.48. The number of nitrogens with one attached hydrogen (secondary N) is 1. The van der Waals surface area contributed by atoms with E-state index in [2.05, 4.69) is 10.3 Å². The first-order valence-corrected chi connectivity index (χ1v) is 9.21. The number of carbonyl (C=O) groups excluding carboxylic acids is 2. The highest BCUT2D eigenvalue weighted by Crippen LogP contribution is 2.19. The summed E-state index contributed by atoms with van der Waals surface area (Å²) in [5.74, 6) is -0.297. The lowest BCUT2D eigenvalue weighted by molar-refractivity contribution is -0.116. The summed E-state index contributed by atoms with van der Waals surface area (Å²) >= 11 is 0. The highest BCUT2D eigenvalue weighted by molar-refractivity contribution is 6.01. The number of methoxy groups -OCH3 is 1. The number of anilines is 1. The zero-order valence-corrected chi connectivity index (χ0v) is 16.5. The lowest BCUT2D eigenvalue weighted by Gasteiger charge is -2.21. The van der Waals surface area contributed by atoms with Gasteiger partial charge in [-0.05, 0) is 56.3 Å². The van der Waals surface area contributed by atoms with Crippen molar-refractivity contribution in [2.45, 2.75) is 13.8 Å². The van der Waals surface area contributed by atoms with Gasteiger partial charge in [-0.25, -0.2) is 4.39 Å². The first kappa shape index (κ1) is 20.3. The van der Waals surface area contributed by atoms with Crippen LogP contribution in [-0.4, -0.2) is 41.9 Å². The van der Waals surface area contributed by atoms with Gasteiger partial charge in [-0.15, -0.1) is 0 Å². The van der Waals surface area contributed by atoms with Crippen LogP contribution in [0.1, 0.15) is 23.0 Å². The molecule has 0 radical (unpaired) electrons. The monoisotopic (exact) mass is 395 g/mol. The maximum Gasteiger partial charge on any atom is 0.256 e. The molecular weight excluding hydrogens is 373 g/mol. The van der Waals surface area contributed by atoms with Crippen molar-refractivity contribution in [3.63, 3.8) is 0 Å². The summed E-state index contributed by atoms with van der Waals surface area (Å²) in [7, 11) is 1.57. The molecule has 1 aromatic heterocycles. The number of ether oxygens (including phenoxy) is 1. The molecule has 0 spiro atoms. The molecule has 0 aliphatic carbocycles. The molecule has 1 heterocycles. The Morgan fingerprint density at radius 3 is 2.52 bits per heavy atom. The molecule has 29 heavy (non-hydrogen) atoms. The number of hydrogen-bond donors (Lipinski definition) is 1. The van der Waals surface area contributed by atoms with E-state index in [0.717, 1.165) is 0 Å². The molecule has 0 saturated carbocycles. The standard InChI is InChI=1S/C22H22FN3O3/c1-4-26(13-21(27)25-17-7-9-18(29-3)10-8-17)22(28)19-11-15-5-6-16(23)12-20(15)24-14(19)2/h5-12H,4,13H2,1-3H3,(H,25,27). The molecule has 0 aliphatic rings. The summed E-state index contributed by atoms with van der Waals surface area (Å²) in [5.41, 5.74) is 1.98. The molecule has 0 fully saturated rings. The first-order valence-electron chi connectivity index (χ1n) is 9.21. The molecule has 0 saturated heterocycles. The number of halogens is 1. The second-order valence-corrected chi connectivity index (χ2v) is 6.55. The molecule has 2 aromatic carbocycles. The number of pyridine rings is 1. The molecule has 7 heteroatoms. The van der Waals surface area contributed by atoms with Gasteiger partial charge in [-0.1, -0.05) is 0 Å². The first-order chi connectivity index (χ1) is 13.9. The minimum Gasteiger partial charge on any atom is -0.497 e. The van der Waals surface area contributed by atoms with Crippen LogP contribution in [0, 0.1) is 12.7 Å². The number of benzene rings is 2. The minimum atomic E-state index is -0.381. The molecule has 2 amide bonds. The van der Waals surface area contributed by atoms with Crippen LogP contribution in [0.2, 0.25) is 0 Å². The zero-order valence-electron chi connectivity index (χ0n) is 16.5. The van der Waals surface area contributed by atoms with Crippen molar-refractivity contribution < 1.29 is 18.7 Å². The van der Waals surface area contributed by atoms with Crippen molar-refractivity contribution in [3.8, 4) is 5.75 Å². The van der Waals surface area contributed by atoms with Gasteiger partial charge >= 0.3 is 0 Å². The third kappa shape index (κ3) is 4.68. The maximum absolute atomic E-state index is 13.4. The molecule has 150 valence electrons. The molecule has 0 bridgehead atoms. The highest BCUT2D eigenvalue weighted by atomic mass is 19.1. The fraction of sp³-hybridized carbons (Fsp3) is 0.227. The highest BCUT2D eigenvalue weighted by Gasteiger charge is 2.20. The Labute approximate surface area is 168 Å². The largest absolute Gasteiger partial charge is 0.497 e. The summed E-state index contributed by atoms with van der Waals surface area (Å²) in [6.07, 6.45) is 0. The summed E-state index contributed by atoms with van der Waals surface area (Å²) in [6, 6.07) is 12.9. The van der Waals surface area contributed by atoms with E-state index in [9.17, 15) is 14.0 Å². The summed E-state index contributed by atoms with van der Waals surface area (Å²) in [5, 5.41) is 3.43. The number of carbonyl (C=O) groups is 2. The van der Waals surface area contributed by atoms with Gasteiger partial charge in [0.2, 0.25) is 5.91 Å². The van der Waals surface area contributed by atoms with Crippen molar-refractivity contribution in [1.29, 1.82) is 0 Å². The van der Waals surface area contributed by atoms with Gasteiger partial charge in [-0.2, -0.15) is 0 Å². The third-order valence-corrected chi connectivity index (χ3v) is 4.58. The Kier molecular flexibility index (Phi) is 6.07. The maximum atomic E-state index is 13.4. The van der Waals surface area contributed by atoms with E-state index in [1.807, 2.05) is 0 Å². The number of rotatable bonds is 6. The number of amides is 2. The Morgan fingerprint density at radius 2 is 1.86 bits per heavy atom. The van der Waals surface area contributed by atoms with Gasteiger partial charge in [0, 0.05) is 23.7 Å². The molecule has 0 aliphatic heterocycles. The lowest BCUT2D eigenvalue weighted by Crippen LogP contribution is -2.38. The van der Waals surface area contributed by atoms with Crippen LogP contribution in [0.15, 0.2) is 48.5 Å². The number of aromatic nitrogens is 1. The van der Waals surface area contributed by atoms with E-state index in [1.165, 1.54) is 17.0 Å². The van der Waals surface area contributed by atoms with Crippen molar-refractivity contribution >= 4 is 28.4 Å². The molecule has 0 unspecified atom stereocenters. The van der Waals surface area contributed by atoms with Gasteiger partial charge in [0.15, 0.2) is 0 Å². The van der Waals surface area contributed by atoms with Crippen LogP contribution >= 0.6 is 0 Å². The van der Waals surface area contributed by atoms with E-state index < -0.39 is 0 Å². The quantitative estimate of drug-likeness (QED) is 0.689. The van der Waals surface area contributed by atoms with E-state index in [1.54, 1.807) is 57.4 Å². The molecule has 1 N–H and O–H groups in total. The lowest BCUT2D eigenvalue weighted by atomic mass is 10.1. The zero-order chi connectivity index (χ0) is 21.0. The second kappa shape index (κ2) is 8.68. The van der Waals surface area contributed by atoms with Gasteiger partial charge in [-0.3, -0.25) is 14.6 Å². The predicted octanol–water partition coefficient (Wildman–Crippen LogP) is 3.79. The summed E-state index contributed by atoms with van der Waals surface area (Å²) < 4.78 is 18.5. The van der Waals surface area contributed by atoms with E-state index in [4.69, 9.17) is 4.74 Å². The number of nitrogens with zero attached hydrogens (tertiary/aromatic N) is 2. The predicted molar refractivity (Wildman–Crippen MR) is 110 cm³/mol. The average molecular weight is 395 g/mol. The topological polar surface area (TPSA) is 71.5 Å². The summed E-state index contributed by atoms with van der Waals surface area (Å²) in [6.45, 7) is 3.76. The second-order valence-electron chi connectivity index (χ2n) is 6.55. The molecule has 0 atom stereocenters. The van der Waals surface area contributed by atoms with Crippen molar-refractivity contribution in [3.05, 3.63) is 65.6 Å². The summed E-state index contributed by atoms with van der Waals surface area (Å²) in [4.78, 5) is 31.2. The van der Waals surface area contributed by atoms with Crippen LogP contribution in [0.3, 0.4) is 0 Å². The van der Waals surface area contributed by atoms with Gasteiger partial charge in [0.05, 0.1) is 23.9 Å². The Morgan fingerprint density at radius 1 is 1.14 bits per heavy atom. The molecular formula is C22H22FN3O3. The molecule has 3 rings (SSSR count). The normalized spacial score (nSPS) is 10.6. The minimum absolute atomic E-state index is 0.0950. The van der Waals surface area contributed by atoms with Crippen LogP contribution < -0.4 is 10.1 Å². The number of hydrogen-bond acceptors (Lipinski definition) is 4. The number of likely N-dealkylation sites (N-methyl/N-ethyl adjacent to an activating group) is 1. The van der Waals surface area contributed by atoms with E-state index in [0.29, 0.717) is 40.1 Å². The Bertz CT molecular complexity index is 1050. The van der Waals surface area contributed by atoms with Crippen LogP contribution in [0.5, 0.6) is 5.75 Å². The van der Waals surface area contributed by atoms with Crippen LogP contribution in [-0.2, 0) is 4.79 Å². The number of fused-ring (bicyclic) bond motifs is 1. The fourth-order valence-corrected chi connectivity index (χ4v) is 3.00. The van der Waals surface area contributed by atoms with Gasteiger partial charge in [0.1, 0.15) is 18.1 Å². The van der Waals surface area contributed by atoms with Crippen LogP contribution in [0.4, 0.5) is 10.1 Å². The van der Waals surface area contributed by atoms with Crippen molar-refractivity contribution in [2.24, 2.45) is 0 Å². The fourth-order valence-electron chi connectivity index (χ4n) is 3.00.